The van der Waals surface area contributed by atoms with Gasteiger partial charge in [-0.05, 0) is 154 Å². The van der Waals surface area contributed by atoms with Crippen LogP contribution in [-0.2, 0) is 19.2 Å². The van der Waals surface area contributed by atoms with E-state index in [0.717, 1.165) is 83.6 Å². The summed E-state index contributed by atoms with van der Waals surface area (Å²) in [4.78, 5) is 39.5. The third-order valence-electron chi connectivity index (χ3n) is 16.0. The number of alkyl halides is 1. The van der Waals surface area contributed by atoms with E-state index >= 15 is 0 Å². The molecule has 7 fully saturated rings. The molecule has 56 heavy (non-hydrogen) atoms. The smallest absolute Gasteiger partial charge is 0.240 e. The van der Waals surface area contributed by atoms with Crippen LogP contribution in [0, 0.1) is 59.2 Å². The van der Waals surface area contributed by atoms with Crippen molar-refractivity contribution in [2.75, 3.05) is 55.0 Å². The topological polar surface area (TPSA) is 127 Å². The number of carbonyl (C=O) groups is 2. The van der Waals surface area contributed by atoms with Crippen LogP contribution in [0.5, 0.6) is 0 Å². The monoisotopic (exact) mass is 808 g/mol. The SMILES string of the molecule is COC1C(CN2O[C@@H](CO)[C@@H]([C@H](C)O)[C@H]2C(=O)N[C@H]2C[C@H]3C[C@H](C3C)[C@@H]2C)CCCC1C1CC(C(=O)N[C@@H](CC2CCC(Cl)CC2)CN(C)C)CC(N(C)C)C1. The largest absolute Gasteiger partial charge is 0.394 e. The number of nitrogens with zero attached hydrogens (tertiary/aromatic N) is 3. The molecule has 1 saturated heterocycles. The first-order chi connectivity index (χ1) is 26.7. The number of hydroxylamine groups is 2. The molecule has 6 aliphatic carbocycles. The molecule has 7 unspecified atom stereocenters. The Bertz CT molecular complexity index is 1280. The molecule has 4 N–H and O–H groups in total. The Kier molecular flexibility index (Phi) is 15.5. The zero-order chi connectivity index (χ0) is 40.4. The van der Waals surface area contributed by atoms with Crippen LogP contribution in [0.1, 0.15) is 104 Å². The van der Waals surface area contributed by atoms with E-state index in [0.29, 0.717) is 48.1 Å². The zero-order valence-electron chi connectivity index (χ0n) is 36.0. The predicted octanol–water partition coefficient (Wildman–Crippen LogP) is 4.77. The van der Waals surface area contributed by atoms with Gasteiger partial charge in [-0.15, -0.1) is 11.6 Å². The van der Waals surface area contributed by atoms with Gasteiger partial charge < -0.3 is 35.4 Å². The number of aliphatic hydroxyl groups is 2. The quantitative estimate of drug-likeness (QED) is 0.173. The van der Waals surface area contributed by atoms with E-state index < -0.39 is 24.2 Å². The van der Waals surface area contributed by atoms with Crippen molar-refractivity contribution >= 4 is 23.4 Å². The fourth-order valence-corrected chi connectivity index (χ4v) is 13.0. The van der Waals surface area contributed by atoms with Gasteiger partial charge in [0.2, 0.25) is 11.8 Å². The zero-order valence-corrected chi connectivity index (χ0v) is 36.7. The summed E-state index contributed by atoms with van der Waals surface area (Å²) in [6, 6.07) is -0.165. The number of likely N-dealkylation sites (N-methyl/N-ethyl adjacent to an activating group) is 1. The summed E-state index contributed by atoms with van der Waals surface area (Å²) < 4.78 is 6.45. The lowest BCUT2D eigenvalue weighted by molar-refractivity contribution is -0.193. The van der Waals surface area contributed by atoms with Gasteiger partial charge in [-0.2, -0.15) is 5.06 Å². The molecule has 7 aliphatic rings. The van der Waals surface area contributed by atoms with Crippen molar-refractivity contribution in [3.8, 4) is 0 Å². The van der Waals surface area contributed by atoms with Crippen LogP contribution < -0.4 is 10.6 Å². The lowest BCUT2D eigenvalue weighted by atomic mass is 9.52. The Labute approximate surface area is 343 Å². The molecule has 7 rings (SSSR count). The molecule has 0 aromatic carbocycles. The third kappa shape index (κ3) is 10.1. The number of halogens is 1. The Hall–Kier alpha value is -1.05. The molecule has 6 saturated carbocycles. The Balaban J connectivity index is 1.15. The van der Waals surface area contributed by atoms with Gasteiger partial charge >= 0.3 is 0 Å². The van der Waals surface area contributed by atoms with Gasteiger partial charge in [-0.25, -0.2) is 0 Å². The van der Waals surface area contributed by atoms with E-state index in [2.05, 4.69) is 62.5 Å². The highest BCUT2D eigenvalue weighted by Gasteiger charge is 2.54. The number of carbonyl (C=O) groups excluding carboxylic acids is 2. The Morgan fingerprint density at radius 2 is 1.66 bits per heavy atom. The average Bonchev–Trinajstić information content (AvgIpc) is 3.54. The first-order valence-electron chi connectivity index (χ1n) is 22.5. The second-order valence-corrected chi connectivity index (χ2v) is 20.7. The van der Waals surface area contributed by atoms with Crippen LogP contribution in [-0.4, -0.2) is 140 Å². The first-order valence-corrected chi connectivity index (χ1v) is 22.9. The van der Waals surface area contributed by atoms with Crippen LogP contribution in [0.25, 0.3) is 0 Å². The number of ether oxygens (including phenoxy) is 1. The highest BCUT2D eigenvalue weighted by Crippen LogP contribution is 2.53. The van der Waals surface area contributed by atoms with Crippen molar-refractivity contribution in [2.45, 2.75) is 152 Å². The van der Waals surface area contributed by atoms with Crippen LogP contribution in [0.15, 0.2) is 0 Å². The van der Waals surface area contributed by atoms with Crippen molar-refractivity contribution in [2.24, 2.45) is 59.2 Å². The summed E-state index contributed by atoms with van der Waals surface area (Å²) in [7, 11) is 10.3. The van der Waals surface area contributed by atoms with E-state index in [-0.39, 0.29) is 59.7 Å². The fourth-order valence-electron chi connectivity index (χ4n) is 12.7. The van der Waals surface area contributed by atoms with E-state index in [4.69, 9.17) is 21.2 Å². The number of fused-ring (bicyclic) bond motifs is 2. The molecule has 0 aromatic rings. The average molecular weight is 809 g/mol. The first kappa shape index (κ1) is 44.5. The Morgan fingerprint density at radius 3 is 2.27 bits per heavy atom. The number of methoxy groups -OCH3 is 1. The summed E-state index contributed by atoms with van der Waals surface area (Å²) >= 11 is 6.44. The summed E-state index contributed by atoms with van der Waals surface area (Å²) in [6.45, 7) is 7.38. The molecule has 16 atom stereocenters. The van der Waals surface area contributed by atoms with E-state index in [9.17, 15) is 19.8 Å². The molecule has 0 radical (unpaired) electrons. The number of hydrogen-bond donors (Lipinski definition) is 4. The number of nitrogens with one attached hydrogen (secondary N) is 2. The van der Waals surface area contributed by atoms with E-state index in [1.807, 2.05) is 7.11 Å². The lowest BCUT2D eigenvalue weighted by Crippen LogP contribution is -2.59. The van der Waals surface area contributed by atoms with Gasteiger partial charge in [0.05, 0.1) is 18.8 Å². The van der Waals surface area contributed by atoms with Gasteiger partial charge in [0.15, 0.2) is 0 Å². The van der Waals surface area contributed by atoms with Crippen molar-refractivity contribution < 1.29 is 29.4 Å². The van der Waals surface area contributed by atoms with Gasteiger partial charge in [0, 0.05) is 61.5 Å². The predicted molar refractivity (Wildman–Crippen MR) is 221 cm³/mol. The summed E-state index contributed by atoms with van der Waals surface area (Å²) in [5.41, 5.74) is 0. The van der Waals surface area contributed by atoms with Gasteiger partial charge in [0.25, 0.3) is 0 Å². The standard InChI is InChI=1S/C44H78ClN5O6/c1-25-30-20-37(25)26(2)38(21-30)47-44(54)41-40(27(3)52)39(24-51)56-50(41)22-29-10-9-11-36(42(29)55-8)31-17-32(19-35(18-31)49(6)7)43(53)46-34(23-48(4)5)16-28-12-14-33(45)15-13-28/h25-42,51-52H,9-24H2,1-8H3,(H,46,53)(H,47,54)/t25?,26-,27-,28?,29?,30+,31?,32?,33?,34-,35?,36?,37+,38-,39-,40+,41-,42?/m0/s1. The summed E-state index contributed by atoms with van der Waals surface area (Å²) in [6.07, 6.45) is 11.9. The molecule has 1 aliphatic heterocycles. The summed E-state index contributed by atoms with van der Waals surface area (Å²) in [5.74, 6) is 3.21. The minimum Gasteiger partial charge on any atom is -0.394 e. The van der Waals surface area contributed by atoms with Crippen molar-refractivity contribution in [3.05, 3.63) is 0 Å². The molecular formula is C44H78ClN5O6. The van der Waals surface area contributed by atoms with Gasteiger partial charge in [0.1, 0.15) is 12.1 Å². The van der Waals surface area contributed by atoms with E-state index in [1.165, 1.54) is 6.42 Å². The second-order valence-electron chi connectivity index (χ2n) is 20.1. The minimum absolute atomic E-state index is 0.0608. The van der Waals surface area contributed by atoms with Crippen LogP contribution in [0.2, 0.25) is 0 Å². The molecule has 0 spiro atoms. The maximum absolute atomic E-state index is 14.3. The van der Waals surface area contributed by atoms with Crippen LogP contribution >= 0.6 is 11.6 Å². The fraction of sp³-hybridized carbons (Fsp3) is 0.955. The molecular weight excluding hydrogens is 730 g/mol. The van der Waals surface area contributed by atoms with E-state index in [1.54, 1.807) is 12.0 Å². The Morgan fingerprint density at radius 1 is 0.929 bits per heavy atom. The normalized spacial score (nSPS) is 42.9. The molecule has 322 valence electrons. The van der Waals surface area contributed by atoms with Crippen molar-refractivity contribution in [1.29, 1.82) is 0 Å². The van der Waals surface area contributed by atoms with Crippen molar-refractivity contribution in [3.63, 3.8) is 0 Å². The van der Waals surface area contributed by atoms with Crippen LogP contribution in [0.3, 0.4) is 0 Å². The van der Waals surface area contributed by atoms with Crippen molar-refractivity contribution in [1.82, 2.24) is 25.5 Å². The highest BCUT2D eigenvalue weighted by atomic mass is 35.5. The van der Waals surface area contributed by atoms with Crippen LogP contribution in [0.4, 0.5) is 0 Å². The number of aliphatic hydroxyl groups excluding tert-OH is 2. The molecule has 2 amide bonds. The number of amides is 2. The number of rotatable bonds is 15. The lowest BCUT2D eigenvalue weighted by Gasteiger charge is -2.55. The molecule has 0 aromatic heterocycles. The molecule has 1 heterocycles. The molecule has 2 bridgehead atoms. The summed E-state index contributed by atoms with van der Waals surface area (Å²) in [5, 5.41) is 30.5. The highest BCUT2D eigenvalue weighted by molar-refractivity contribution is 6.20. The molecule has 12 heteroatoms. The second kappa shape index (κ2) is 19.6. The minimum atomic E-state index is -0.825. The molecule has 11 nitrogen and oxygen atoms in total. The van der Waals surface area contributed by atoms with Gasteiger partial charge in [-0.3, -0.25) is 14.4 Å². The maximum atomic E-state index is 14.3. The maximum Gasteiger partial charge on any atom is 0.240 e. The van der Waals surface area contributed by atoms with Gasteiger partial charge in [-0.1, -0.05) is 20.3 Å². The number of hydrogen-bond acceptors (Lipinski definition) is 9. The third-order valence-corrected chi connectivity index (χ3v) is 16.4.